The summed E-state index contributed by atoms with van der Waals surface area (Å²) in [6.07, 6.45) is 0. The van der Waals surface area contributed by atoms with Gasteiger partial charge in [0.25, 0.3) is 0 Å². The van der Waals surface area contributed by atoms with Crippen molar-refractivity contribution in [3.63, 3.8) is 0 Å². The highest BCUT2D eigenvalue weighted by atomic mass is 35.5. The highest BCUT2D eigenvalue weighted by Crippen LogP contribution is 2.24. The summed E-state index contributed by atoms with van der Waals surface area (Å²) in [5.74, 6) is 0.733. The average Bonchev–Trinajstić information content (AvgIpc) is 2.41. The van der Waals surface area contributed by atoms with Crippen molar-refractivity contribution in [3.8, 4) is 5.75 Å². The van der Waals surface area contributed by atoms with Crippen molar-refractivity contribution in [1.82, 2.24) is 0 Å². The molecular weight excluding hydrogens is 260 g/mol. The fourth-order valence-electron chi connectivity index (χ4n) is 2.02. The molecule has 0 saturated heterocycles. The lowest BCUT2D eigenvalue weighted by Gasteiger charge is -2.10. The molecule has 0 unspecified atom stereocenters. The zero-order chi connectivity index (χ0) is 14.0. The summed E-state index contributed by atoms with van der Waals surface area (Å²) in [6.45, 7) is 3.75. The van der Waals surface area contributed by atoms with Crippen LogP contribution in [0.2, 0.25) is 5.02 Å². The Morgan fingerprint density at radius 2 is 1.84 bits per heavy atom. The van der Waals surface area contributed by atoms with E-state index in [2.05, 4.69) is 0 Å². The molecule has 0 radical (unpaired) electrons. The quantitative estimate of drug-likeness (QED) is 0.784. The highest BCUT2D eigenvalue weighted by molar-refractivity contribution is 6.32. The van der Waals surface area contributed by atoms with Gasteiger partial charge in [0, 0.05) is 16.1 Å². The van der Waals surface area contributed by atoms with Gasteiger partial charge in [0.15, 0.2) is 5.78 Å². The van der Waals surface area contributed by atoms with Crippen LogP contribution in [0.25, 0.3) is 0 Å². The largest absolute Gasteiger partial charge is 0.497 e. The van der Waals surface area contributed by atoms with E-state index in [4.69, 9.17) is 16.3 Å². The number of benzene rings is 2. The van der Waals surface area contributed by atoms with Gasteiger partial charge < -0.3 is 4.74 Å². The van der Waals surface area contributed by atoms with Gasteiger partial charge in [-0.05, 0) is 49.2 Å². The summed E-state index contributed by atoms with van der Waals surface area (Å²) < 4.78 is 5.15. The molecule has 0 N–H and O–H groups in total. The number of ether oxygens (including phenoxy) is 1. The third kappa shape index (κ3) is 2.64. The van der Waals surface area contributed by atoms with Gasteiger partial charge in [0.2, 0.25) is 0 Å². The first-order valence-corrected chi connectivity index (χ1v) is 6.37. The Balaban J connectivity index is 2.47. The third-order valence-electron chi connectivity index (χ3n) is 3.19. The Hall–Kier alpha value is -1.80. The van der Waals surface area contributed by atoms with Crippen LogP contribution < -0.4 is 4.74 Å². The normalized spacial score (nSPS) is 10.3. The van der Waals surface area contributed by atoms with Crippen LogP contribution in [0.15, 0.2) is 36.4 Å². The minimum Gasteiger partial charge on any atom is -0.497 e. The van der Waals surface area contributed by atoms with Gasteiger partial charge in [-0.1, -0.05) is 23.7 Å². The van der Waals surface area contributed by atoms with Crippen LogP contribution in [0, 0.1) is 13.8 Å². The van der Waals surface area contributed by atoms with Crippen molar-refractivity contribution in [2.45, 2.75) is 13.8 Å². The summed E-state index contributed by atoms with van der Waals surface area (Å²) in [6, 6.07) is 10.8. The standard InChI is InChI=1S/C16H15ClO2/c1-10-9-12(19-3)7-8-13(10)16(18)14-5-4-6-15(17)11(14)2/h4-9H,1-3H3. The first-order chi connectivity index (χ1) is 9.04. The zero-order valence-electron chi connectivity index (χ0n) is 11.2. The average molecular weight is 275 g/mol. The first kappa shape index (κ1) is 13.6. The number of halogens is 1. The minimum atomic E-state index is -0.0137. The maximum absolute atomic E-state index is 12.5. The van der Waals surface area contributed by atoms with Crippen molar-refractivity contribution in [1.29, 1.82) is 0 Å². The number of ketones is 1. The van der Waals surface area contributed by atoms with Gasteiger partial charge in [-0.25, -0.2) is 0 Å². The highest BCUT2D eigenvalue weighted by Gasteiger charge is 2.15. The van der Waals surface area contributed by atoms with E-state index < -0.39 is 0 Å². The van der Waals surface area contributed by atoms with Gasteiger partial charge in [-0.15, -0.1) is 0 Å². The maximum atomic E-state index is 12.5. The minimum absolute atomic E-state index is 0.0137. The molecule has 0 fully saturated rings. The lowest BCUT2D eigenvalue weighted by Crippen LogP contribution is -2.06. The van der Waals surface area contributed by atoms with Gasteiger partial charge >= 0.3 is 0 Å². The van der Waals surface area contributed by atoms with Crippen molar-refractivity contribution < 1.29 is 9.53 Å². The molecule has 0 bridgehead atoms. The third-order valence-corrected chi connectivity index (χ3v) is 3.60. The molecule has 0 aliphatic heterocycles. The molecule has 0 saturated carbocycles. The van der Waals surface area contributed by atoms with E-state index in [1.54, 1.807) is 37.4 Å². The van der Waals surface area contributed by atoms with Crippen LogP contribution in [-0.2, 0) is 0 Å². The second kappa shape index (κ2) is 5.45. The number of carbonyl (C=O) groups excluding carboxylic acids is 1. The molecule has 2 aromatic rings. The lowest BCUT2D eigenvalue weighted by atomic mass is 9.96. The van der Waals surface area contributed by atoms with Gasteiger partial charge in [-0.2, -0.15) is 0 Å². The van der Waals surface area contributed by atoms with E-state index in [0.717, 1.165) is 16.9 Å². The summed E-state index contributed by atoms with van der Waals surface area (Å²) in [5.41, 5.74) is 3.01. The molecule has 2 nitrogen and oxygen atoms in total. The van der Waals surface area contributed by atoms with Crippen molar-refractivity contribution in [3.05, 3.63) is 63.7 Å². The molecule has 0 aliphatic carbocycles. The molecule has 2 rings (SSSR count). The summed E-state index contributed by atoms with van der Waals surface area (Å²) in [5, 5.41) is 0.608. The Morgan fingerprint density at radius 1 is 1.11 bits per heavy atom. The Bertz CT molecular complexity index is 633. The number of methoxy groups -OCH3 is 1. The molecule has 19 heavy (non-hydrogen) atoms. The molecule has 0 atom stereocenters. The van der Waals surface area contributed by atoms with Crippen molar-refractivity contribution in [2.24, 2.45) is 0 Å². The second-order valence-corrected chi connectivity index (χ2v) is 4.83. The molecule has 0 spiro atoms. The molecule has 0 aromatic heterocycles. The monoisotopic (exact) mass is 274 g/mol. The molecule has 98 valence electrons. The summed E-state index contributed by atoms with van der Waals surface area (Å²) in [7, 11) is 1.61. The SMILES string of the molecule is COc1ccc(C(=O)c2cccc(Cl)c2C)c(C)c1. The van der Waals surface area contributed by atoms with E-state index in [-0.39, 0.29) is 5.78 Å². The topological polar surface area (TPSA) is 26.3 Å². The molecule has 0 amide bonds. The van der Waals surface area contributed by atoms with E-state index >= 15 is 0 Å². The fraction of sp³-hybridized carbons (Fsp3) is 0.188. The number of hydrogen-bond donors (Lipinski definition) is 0. The number of hydrogen-bond acceptors (Lipinski definition) is 2. The molecule has 0 heterocycles. The Kier molecular flexibility index (Phi) is 3.91. The summed E-state index contributed by atoms with van der Waals surface area (Å²) in [4.78, 5) is 12.5. The maximum Gasteiger partial charge on any atom is 0.193 e. The van der Waals surface area contributed by atoms with Gasteiger partial charge in [-0.3, -0.25) is 4.79 Å². The van der Waals surface area contributed by atoms with Crippen molar-refractivity contribution in [2.75, 3.05) is 7.11 Å². The first-order valence-electron chi connectivity index (χ1n) is 5.99. The summed E-state index contributed by atoms with van der Waals surface area (Å²) >= 11 is 6.06. The van der Waals surface area contributed by atoms with Gasteiger partial charge in [0.1, 0.15) is 5.75 Å². The van der Waals surface area contributed by atoms with E-state index in [9.17, 15) is 4.79 Å². The lowest BCUT2D eigenvalue weighted by molar-refractivity contribution is 0.103. The van der Waals surface area contributed by atoms with Crippen LogP contribution in [0.4, 0.5) is 0 Å². The Labute approximate surface area is 118 Å². The predicted octanol–water partition coefficient (Wildman–Crippen LogP) is 4.20. The fourth-order valence-corrected chi connectivity index (χ4v) is 2.19. The van der Waals surface area contributed by atoms with Crippen LogP contribution >= 0.6 is 11.6 Å². The van der Waals surface area contributed by atoms with E-state index in [1.807, 2.05) is 19.9 Å². The predicted molar refractivity (Wildman–Crippen MR) is 77.4 cm³/mol. The zero-order valence-corrected chi connectivity index (χ0v) is 11.9. The smallest absolute Gasteiger partial charge is 0.193 e. The second-order valence-electron chi connectivity index (χ2n) is 4.42. The van der Waals surface area contributed by atoms with Crippen LogP contribution in [0.5, 0.6) is 5.75 Å². The number of carbonyl (C=O) groups is 1. The molecule has 2 aromatic carbocycles. The molecule has 0 aliphatic rings. The van der Waals surface area contributed by atoms with Gasteiger partial charge in [0.05, 0.1) is 7.11 Å². The number of rotatable bonds is 3. The molecule has 3 heteroatoms. The van der Waals surface area contributed by atoms with Crippen LogP contribution in [0.3, 0.4) is 0 Å². The van der Waals surface area contributed by atoms with Crippen molar-refractivity contribution >= 4 is 17.4 Å². The van der Waals surface area contributed by atoms with E-state index in [1.165, 1.54) is 0 Å². The van der Waals surface area contributed by atoms with Crippen LogP contribution in [0.1, 0.15) is 27.0 Å². The number of aryl methyl sites for hydroxylation is 1. The van der Waals surface area contributed by atoms with Crippen LogP contribution in [-0.4, -0.2) is 12.9 Å². The molecular formula is C16H15ClO2. The Morgan fingerprint density at radius 3 is 2.47 bits per heavy atom. The van der Waals surface area contributed by atoms with E-state index in [0.29, 0.717) is 16.1 Å².